The van der Waals surface area contributed by atoms with E-state index in [1.54, 1.807) is 7.11 Å². The molecule has 1 aliphatic rings. The molecule has 0 spiro atoms. The highest BCUT2D eigenvalue weighted by molar-refractivity contribution is 5.82. The van der Waals surface area contributed by atoms with E-state index in [1.807, 2.05) is 38.1 Å². The summed E-state index contributed by atoms with van der Waals surface area (Å²) < 4.78 is 15.2. The predicted octanol–water partition coefficient (Wildman–Crippen LogP) is 2.93. The second kappa shape index (κ2) is 7.49. The number of carbonyl (C=O) groups is 2. The average Bonchev–Trinajstić information content (AvgIpc) is 3.33. The van der Waals surface area contributed by atoms with E-state index in [-0.39, 0.29) is 23.7 Å². The van der Waals surface area contributed by atoms with Crippen molar-refractivity contribution in [1.29, 1.82) is 0 Å². The summed E-state index contributed by atoms with van der Waals surface area (Å²) in [5, 5.41) is 0. The van der Waals surface area contributed by atoms with Gasteiger partial charge >= 0.3 is 11.9 Å². The number of benzene rings is 1. The van der Waals surface area contributed by atoms with E-state index in [9.17, 15) is 9.59 Å². The average molecular weight is 320 g/mol. The van der Waals surface area contributed by atoms with Crippen LogP contribution in [0.1, 0.15) is 38.2 Å². The summed E-state index contributed by atoms with van der Waals surface area (Å²) >= 11 is 0. The van der Waals surface area contributed by atoms with Gasteiger partial charge in [0.25, 0.3) is 0 Å². The van der Waals surface area contributed by atoms with Gasteiger partial charge in [-0.3, -0.25) is 4.79 Å². The number of hydrogen-bond donors (Lipinski definition) is 0. The van der Waals surface area contributed by atoms with Crippen molar-refractivity contribution in [2.45, 2.75) is 38.7 Å². The summed E-state index contributed by atoms with van der Waals surface area (Å²) in [6.07, 6.45) is 0.406. The Labute approximate surface area is 136 Å². The zero-order valence-corrected chi connectivity index (χ0v) is 14.1. The van der Waals surface area contributed by atoms with Crippen molar-refractivity contribution in [3.63, 3.8) is 0 Å². The lowest BCUT2D eigenvalue weighted by molar-refractivity contribution is -0.168. The van der Waals surface area contributed by atoms with Gasteiger partial charge in [0.05, 0.1) is 20.1 Å². The molecule has 1 aromatic carbocycles. The van der Waals surface area contributed by atoms with Gasteiger partial charge in [-0.2, -0.15) is 0 Å². The molecule has 126 valence electrons. The minimum absolute atomic E-state index is 0.158. The van der Waals surface area contributed by atoms with E-state index in [4.69, 9.17) is 14.2 Å². The van der Waals surface area contributed by atoms with Crippen LogP contribution in [0.15, 0.2) is 24.3 Å². The maximum atomic E-state index is 12.3. The molecule has 0 N–H and O–H groups in total. The molecule has 0 amide bonds. The van der Waals surface area contributed by atoms with Gasteiger partial charge in [-0.15, -0.1) is 0 Å². The van der Waals surface area contributed by atoms with Crippen LogP contribution in [0.5, 0.6) is 5.75 Å². The van der Waals surface area contributed by atoms with Crippen molar-refractivity contribution in [2.75, 3.05) is 14.2 Å². The van der Waals surface area contributed by atoms with Gasteiger partial charge in [0.1, 0.15) is 5.75 Å². The largest absolute Gasteiger partial charge is 0.497 e. The van der Waals surface area contributed by atoms with Crippen LogP contribution in [-0.4, -0.2) is 32.3 Å². The molecule has 0 aromatic heterocycles. The van der Waals surface area contributed by atoms with Gasteiger partial charge in [0.15, 0.2) is 6.10 Å². The molecule has 5 nitrogen and oxygen atoms in total. The van der Waals surface area contributed by atoms with Crippen molar-refractivity contribution < 1.29 is 23.8 Å². The van der Waals surface area contributed by atoms with Gasteiger partial charge < -0.3 is 14.2 Å². The van der Waals surface area contributed by atoms with E-state index in [2.05, 4.69) is 0 Å². The highest BCUT2D eigenvalue weighted by atomic mass is 16.6. The zero-order valence-electron chi connectivity index (χ0n) is 14.1. The molecule has 2 rings (SSSR count). The number of hydrogen-bond acceptors (Lipinski definition) is 5. The maximum absolute atomic E-state index is 12.3. The molecule has 0 saturated heterocycles. The first kappa shape index (κ1) is 17.3. The third kappa shape index (κ3) is 4.47. The highest BCUT2D eigenvalue weighted by Gasteiger charge is 2.46. The molecule has 0 aliphatic heterocycles. The van der Waals surface area contributed by atoms with E-state index in [0.717, 1.165) is 17.7 Å². The lowest BCUT2D eigenvalue weighted by Crippen LogP contribution is -2.30. The van der Waals surface area contributed by atoms with Crippen molar-refractivity contribution in [3.05, 3.63) is 29.8 Å². The normalized spacial score (nSPS) is 20.7. The van der Waals surface area contributed by atoms with Gasteiger partial charge in [0.2, 0.25) is 0 Å². The van der Waals surface area contributed by atoms with Crippen LogP contribution < -0.4 is 4.74 Å². The maximum Gasteiger partial charge on any atom is 0.347 e. The Morgan fingerprint density at radius 1 is 1.17 bits per heavy atom. The topological polar surface area (TPSA) is 61.8 Å². The Hall–Kier alpha value is -2.04. The summed E-state index contributed by atoms with van der Waals surface area (Å²) in [5.74, 6) is 0.198. The first-order valence-electron chi connectivity index (χ1n) is 7.88. The highest BCUT2D eigenvalue weighted by Crippen LogP contribution is 2.48. The van der Waals surface area contributed by atoms with Crippen LogP contribution in [0, 0.1) is 11.8 Å². The van der Waals surface area contributed by atoms with Crippen LogP contribution in [0.3, 0.4) is 0 Å². The van der Waals surface area contributed by atoms with Crippen molar-refractivity contribution in [3.8, 4) is 5.75 Å². The van der Waals surface area contributed by atoms with Crippen molar-refractivity contribution in [2.24, 2.45) is 11.8 Å². The Morgan fingerprint density at radius 2 is 1.83 bits per heavy atom. The van der Waals surface area contributed by atoms with Crippen LogP contribution in [-0.2, 0) is 19.1 Å². The number of methoxy groups -OCH3 is 2. The van der Waals surface area contributed by atoms with E-state index >= 15 is 0 Å². The Kier molecular flexibility index (Phi) is 5.64. The van der Waals surface area contributed by atoms with E-state index in [1.165, 1.54) is 7.11 Å². The predicted molar refractivity (Wildman–Crippen MR) is 85.2 cm³/mol. The van der Waals surface area contributed by atoms with Gasteiger partial charge in [-0.05, 0) is 42.4 Å². The smallest absolute Gasteiger partial charge is 0.347 e. The molecule has 0 heterocycles. The SMILES string of the molecule is COC(=O)C(CC(C)C)OC(=O)C1CC1c1ccc(OC)cc1. The molecule has 1 aliphatic carbocycles. The molecule has 3 unspecified atom stereocenters. The first-order chi connectivity index (χ1) is 11.0. The summed E-state index contributed by atoms with van der Waals surface area (Å²) in [5.41, 5.74) is 1.09. The summed E-state index contributed by atoms with van der Waals surface area (Å²) in [6.45, 7) is 3.95. The summed E-state index contributed by atoms with van der Waals surface area (Å²) in [7, 11) is 2.93. The Bertz CT molecular complexity index is 549. The fourth-order valence-electron chi connectivity index (χ4n) is 2.65. The molecule has 0 radical (unpaired) electrons. The number of rotatable bonds is 7. The third-order valence-electron chi connectivity index (χ3n) is 4.05. The fraction of sp³-hybridized carbons (Fsp3) is 0.556. The molecule has 23 heavy (non-hydrogen) atoms. The number of esters is 2. The lowest BCUT2D eigenvalue weighted by atomic mass is 10.1. The third-order valence-corrected chi connectivity index (χ3v) is 4.05. The van der Waals surface area contributed by atoms with Gasteiger partial charge in [0, 0.05) is 0 Å². The van der Waals surface area contributed by atoms with Gasteiger partial charge in [-0.1, -0.05) is 26.0 Å². The Balaban J connectivity index is 1.94. The summed E-state index contributed by atoms with van der Waals surface area (Å²) in [4.78, 5) is 24.0. The standard InChI is InChI=1S/C18H24O5/c1-11(2)9-16(18(20)22-4)23-17(19)15-10-14(15)12-5-7-13(21-3)8-6-12/h5-8,11,14-16H,9-10H2,1-4H3. The molecule has 0 bridgehead atoms. The van der Waals surface area contributed by atoms with E-state index in [0.29, 0.717) is 6.42 Å². The fourth-order valence-corrected chi connectivity index (χ4v) is 2.65. The molecule has 1 saturated carbocycles. The monoisotopic (exact) mass is 320 g/mol. The molecule has 1 aromatic rings. The summed E-state index contributed by atoms with van der Waals surface area (Å²) in [6, 6.07) is 7.68. The second-order valence-corrected chi connectivity index (χ2v) is 6.30. The van der Waals surface area contributed by atoms with Crippen molar-refractivity contribution >= 4 is 11.9 Å². The van der Waals surface area contributed by atoms with Gasteiger partial charge in [-0.25, -0.2) is 4.79 Å². The van der Waals surface area contributed by atoms with Crippen LogP contribution in [0.4, 0.5) is 0 Å². The second-order valence-electron chi connectivity index (χ2n) is 6.30. The molecular formula is C18H24O5. The Morgan fingerprint density at radius 3 is 2.35 bits per heavy atom. The first-order valence-corrected chi connectivity index (χ1v) is 7.88. The van der Waals surface area contributed by atoms with Crippen LogP contribution in [0.2, 0.25) is 0 Å². The molecular weight excluding hydrogens is 296 g/mol. The zero-order chi connectivity index (χ0) is 17.0. The quantitative estimate of drug-likeness (QED) is 0.723. The number of ether oxygens (including phenoxy) is 3. The number of carbonyl (C=O) groups excluding carboxylic acids is 2. The molecule has 3 atom stereocenters. The minimum Gasteiger partial charge on any atom is -0.497 e. The van der Waals surface area contributed by atoms with Crippen LogP contribution in [0.25, 0.3) is 0 Å². The minimum atomic E-state index is -0.815. The van der Waals surface area contributed by atoms with E-state index < -0.39 is 12.1 Å². The van der Waals surface area contributed by atoms with Crippen LogP contribution >= 0.6 is 0 Å². The molecule has 1 fully saturated rings. The van der Waals surface area contributed by atoms with Crippen molar-refractivity contribution in [1.82, 2.24) is 0 Å². The molecule has 5 heteroatoms. The lowest BCUT2D eigenvalue weighted by Gasteiger charge is -2.17.